The molecule has 2 aromatic carbocycles. The Labute approximate surface area is 201 Å². The van der Waals surface area contributed by atoms with Crippen molar-refractivity contribution in [2.24, 2.45) is 5.92 Å². The molecule has 0 saturated carbocycles. The lowest BCUT2D eigenvalue weighted by atomic mass is 9.69. The molecule has 180 valence electrons. The Balaban J connectivity index is 1.71. The van der Waals surface area contributed by atoms with Crippen LogP contribution in [0.15, 0.2) is 60.7 Å². The topological polar surface area (TPSA) is 38.3 Å². The first-order chi connectivity index (χ1) is 15.8. The average molecular weight is 450 g/mol. The van der Waals surface area contributed by atoms with E-state index in [-0.39, 0.29) is 11.9 Å². The third kappa shape index (κ3) is 7.43. The lowest BCUT2D eigenvalue weighted by Gasteiger charge is -2.45. The molecule has 0 aliphatic carbocycles. The SMILES string of the molecule is CC1CCNC(C(=O)OC(C)(C)C)(C(CCCCCCc2ccccc2)c2ccccc2)C1. The van der Waals surface area contributed by atoms with Crippen molar-refractivity contribution in [3.05, 3.63) is 71.8 Å². The minimum atomic E-state index is -0.656. The molecule has 1 aliphatic rings. The molecule has 1 fully saturated rings. The monoisotopic (exact) mass is 449 g/mol. The fraction of sp³-hybridized carbons (Fsp3) is 0.567. The first kappa shape index (κ1) is 25.5. The molecule has 1 aliphatic heterocycles. The molecule has 3 heteroatoms. The van der Waals surface area contributed by atoms with Crippen molar-refractivity contribution in [2.45, 2.75) is 96.1 Å². The van der Waals surface area contributed by atoms with Gasteiger partial charge in [0.25, 0.3) is 0 Å². The van der Waals surface area contributed by atoms with Crippen molar-refractivity contribution in [2.75, 3.05) is 6.54 Å². The lowest BCUT2D eigenvalue weighted by Crippen LogP contribution is -2.61. The van der Waals surface area contributed by atoms with E-state index in [1.807, 2.05) is 20.8 Å². The van der Waals surface area contributed by atoms with E-state index >= 15 is 0 Å². The third-order valence-electron chi connectivity index (χ3n) is 6.86. The van der Waals surface area contributed by atoms with Crippen LogP contribution in [0.3, 0.4) is 0 Å². The Kier molecular flexibility index (Phi) is 9.14. The molecule has 0 amide bonds. The number of carbonyl (C=O) groups excluding carboxylic acids is 1. The molecule has 3 unspecified atom stereocenters. The number of carbonyl (C=O) groups is 1. The number of nitrogens with one attached hydrogen (secondary N) is 1. The summed E-state index contributed by atoms with van der Waals surface area (Å²) in [6.45, 7) is 9.03. The van der Waals surface area contributed by atoms with Crippen LogP contribution in [-0.4, -0.2) is 23.7 Å². The molecule has 0 spiro atoms. The zero-order chi connectivity index (χ0) is 23.7. The summed E-state index contributed by atoms with van der Waals surface area (Å²) in [7, 11) is 0. The van der Waals surface area contributed by atoms with Crippen molar-refractivity contribution in [3.63, 3.8) is 0 Å². The molecule has 0 bridgehead atoms. The number of esters is 1. The molecular weight excluding hydrogens is 406 g/mol. The molecule has 33 heavy (non-hydrogen) atoms. The summed E-state index contributed by atoms with van der Waals surface area (Å²) in [5, 5.41) is 3.68. The summed E-state index contributed by atoms with van der Waals surface area (Å²) in [5.74, 6) is 0.528. The fourth-order valence-corrected chi connectivity index (χ4v) is 5.26. The van der Waals surface area contributed by atoms with Gasteiger partial charge in [0.2, 0.25) is 0 Å². The molecule has 1 saturated heterocycles. The normalized spacial score (nSPS) is 22.0. The van der Waals surface area contributed by atoms with Crippen LogP contribution in [0, 0.1) is 5.92 Å². The van der Waals surface area contributed by atoms with E-state index < -0.39 is 11.1 Å². The van der Waals surface area contributed by atoms with E-state index in [0.29, 0.717) is 5.92 Å². The van der Waals surface area contributed by atoms with E-state index in [0.717, 1.165) is 38.6 Å². The third-order valence-corrected chi connectivity index (χ3v) is 6.86. The smallest absolute Gasteiger partial charge is 0.327 e. The zero-order valence-corrected chi connectivity index (χ0v) is 21.1. The molecule has 1 heterocycles. The molecule has 0 radical (unpaired) electrons. The van der Waals surface area contributed by atoms with Crippen LogP contribution < -0.4 is 5.32 Å². The van der Waals surface area contributed by atoms with E-state index in [1.54, 1.807) is 0 Å². The summed E-state index contributed by atoms with van der Waals surface area (Å²) in [6, 6.07) is 21.4. The maximum Gasteiger partial charge on any atom is 0.327 e. The van der Waals surface area contributed by atoms with E-state index in [4.69, 9.17) is 4.74 Å². The molecule has 3 rings (SSSR count). The van der Waals surface area contributed by atoms with Gasteiger partial charge in [0.1, 0.15) is 11.1 Å². The van der Waals surface area contributed by atoms with Crippen molar-refractivity contribution in [1.82, 2.24) is 5.32 Å². The first-order valence-corrected chi connectivity index (χ1v) is 12.9. The summed E-state index contributed by atoms with van der Waals surface area (Å²) >= 11 is 0. The second-order valence-corrected chi connectivity index (χ2v) is 10.9. The average Bonchev–Trinajstić information content (AvgIpc) is 2.78. The minimum Gasteiger partial charge on any atom is -0.459 e. The molecule has 1 N–H and O–H groups in total. The number of piperidine rings is 1. The number of aryl methyl sites for hydroxylation is 1. The predicted molar refractivity (Wildman–Crippen MR) is 137 cm³/mol. The van der Waals surface area contributed by atoms with Crippen molar-refractivity contribution in [3.8, 4) is 0 Å². The summed E-state index contributed by atoms with van der Waals surface area (Å²) in [5.41, 5.74) is 1.51. The Morgan fingerprint density at radius 2 is 1.64 bits per heavy atom. The zero-order valence-electron chi connectivity index (χ0n) is 21.1. The molecular formula is C30H43NO2. The molecule has 0 aromatic heterocycles. The number of hydrogen-bond acceptors (Lipinski definition) is 3. The van der Waals surface area contributed by atoms with E-state index in [2.05, 4.69) is 72.9 Å². The second-order valence-electron chi connectivity index (χ2n) is 10.9. The van der Waals surface area contributed by atoms with Gasteiger partial charge in [-0.2, -0.15) is 0 Å². The van der Waals surface area contributed by atoms with Gasteiger partial charge in [-0.25, -0.2) is 0 Å². The van der Waals surface area contributed by atoms with Gasteiger partial charge in [0.15, 0.2) is 0 Å². The summed E-state index contributed by atoms with van der Waals surface area (Å²) < 4.78 is 6.02. The van der Waals surface area contributed by atoms with Crippen LogP contribution in [0.2, 0.25) is 0 Å². The number of rotatable bonds is 10. The van der Waals surface area contributed by atoms with Crippen molar-refractivity contribution in [1.29, 1.82) is 0 Å². The van der Waals surface area contributed by atoms with Crippen LogP contribution >= 0.6 is 0 Å². The Morgan fingerprint density at radius 1 is 1.00 bits per heavy atom. The van der Waals surface area contributed by atoms with Gasteiger partial charge >= 0.3 is 5.97 Å². The summed E-state index contributed by atoms with van der Waals surface area (Å²) in [4.78, 5) is 13.7. The largest absolute Gasteiger partial charge is 0.459 e. The van der Waals surface area contributed by atoms with Gasteiger partial charge in [-0.05, 0) is 76.5 Å². The lowest BCUT2D eigenvalue weighted by molar-refractivity contribution is -0.166. The van der Waals surface area contributed by atoms with Crippen LogP contribution in [0.25, 0.3) is 0 Å². The fourth-order valence-electron chi connectivity index (χ4n) is 5.26. The van der Waals surface area contributed by atoms with Gasteiger partial charge in [0, 0.05) is 5.92 Å². The Morgan fingerprint density at radius 3 is 2.27 bits per heavy atom. The quantitative estimate of drug-likeness (QED) is 0.311. The standard InChI is InChI=1S/C30H43NO2/c1-24-21-22-31-30(23-24,28(32)33-29(2,3)4)27(26-18-12-8-13-19-26)20-14-6-5-9-15-25-16-10-7-11-17-25/h7-8,10-13,16-19,24,27,31H,5-6,9,14-15,20-23H2,1-4H3. The van der Waals surface area contributed by atoms with Crippen molar-refractivity contribution < 1.29 is 9.53 Å². The minimum absolute atomic E-state index is 0.0838. The Bertz CT molecular complexity index is 843. The highest BCUT2D eigenvalue weighted by Gasteiger charge is 2.50. The highest BCUT2D eigenvalue weighted by molar-refractivity contribution is 5.83. The molecule has 3 nitrogen and oxygen atoms in total. The Hall–Kier alpha value is -2.13. The maximum absolute atomic E-state index is 13.7. The van der Waals surface area contributed by atoms with Crippen LogP contribution in [0.5, 0.6) is 0 Å². The van der Waals surface area contributed by atoms with E-state index in [9.17, 15) is 4.79 Å². The van der Waals surface area contributed by atoms with Gasteiger partial charge in [0.05, 0.1) is 0 Å². The number of unbranched alkanes of at least 4 members (excludes halogenated alkanes) is 3. The first-order valence-electron chi connectivity index (χ1n) is 12.9. The highest BCUT2D eigenvalue weighted by atomic mass is 16.6. The number of hydrogen-bond donors (Lipinski definition) is 1. The van der Waals surface area contributed by atoms with Crippen LogP contribution in [0.4, 0.5) is 0 Å². The van der Waals surface area contributed by atoms with E-state index in [1.165, 1.54) is 30.4 Å². The maximum atomic E-state index is 13.7. The number of benzene rings is 2. The van der Waals surface area contributed by atoms with Crippen molar-refractivity contribution >= 4 is 5.97 Å². The molecule has 2 aromatic rings. The summed E-state index contributed by atoms with van der Waals surface area (Å²) in [6.07, 6.45) is 8.82. The van der Waals surface area contributed by atoms with Gasteiger partial charge in [-0.3, -0.25) is 4.79 Å². The van der Waals surface area contributed by atoms with Crippen LogP contribution in [-0.2, 0) is 16.0 Å². The highest BCUT2D eigenvalue weighted by Crippen LogP contribution is 2.42. The predicted octanol–water partition coefficient (Wildman–Crippen LogP) is 7.06. The van der Waals surface area contributed by atoms with Crippen LogP contribution in [0.1, 0.15) is 89.7 Å². The van der Waals surface area contributed by atoms with Gasteiger partial charge in [-0.1, -0.05) is 86.8 Å². The van der Waals surface area contributed by atoms with Gasteiger partial charge in [-0.15, -0.1) is 0 Å². The number of ether oxygens (including phenoxy) is 1. The molecule has 3 atom stereocenters. The van der Waals surface area contributed by atoms with Gasteiger partial charge < -0.3 is 10.1 Å². The second kappa shape index (κ2) is 11.8.